The number of carbonyl (C=O) groups excluding carboxylic acids is 1. The van der Waals surface area contributed by atoms with Gasteiger partial charge in [0.25, 0.3) is 5.91 Å². The predicted molar refractivity (Wildman–Crippen MR) is 104 cm³/mol. The fraction of sp³-hybridized carbons (Fsp3) is 0.350. The molecule has 1 amide bonds. The van der Waals surface area contributed by atoms with E-state index < -0.39 is 5.82 Å². The van der Waals surface area contributed by atoms with E-state index in [1.165, 1.54) is 18.3 Å². The SMILES string of the molecule is Cn1nnc(-c2ccc(F)cn2)c1COc1ccncc1C(=O)NC1CCOCC1. The van der Waals surface area contributed by atoms with E-state index in [1.54, 1.807) is 24.0 Å². The van der Waals surface area contributed by atoms with Crippen molar-refractivity contribution in [2.24, 2.45) is 7.05 Å². The van der Waals surface area contributed by atoms with Crippen molar-refractivity contribution in [3.63, 3.8) is 0 Å². The highest BCUT2D eigenvalue weighted by Gasteiger charge is 2.21. The predicted octanol–water partition coefficient (Wildman–Crippen LogP) is 1.90. The number of aromatic nitrogens is 5. The van der Waals surface area contributed by atoms with Gasteiger partial charge in [-0.2, -0.15) is 0 Å². The third-order valence-corrected chi connectivity index (χ3v) is 4.86. The van der Waals surface area contributed by atoms with Crippen molar-refractivity contribution in [2.75, 3.05) is 13.2 Å². The zero-order valence-electron chi connectivity index (χ0n) is 16.4. The fourth-order valence-corrected chi connectivity index (χ4v) is 3.18. The number of ether oxygens (including phenoxy) is 2. The number of nitrogens with one attached hydrogen (secondary N) is 1. The van der Waals surface area contributed by atoms with E-state index in [4.69, 9.17) is 9.47 Å². The van der Waals surface area contributed by atoms with E-state index in [0.717, 1.165) is 19.0 Å². The molecule has 0 aliphatic carbocycles. The van der Waals surface area contributed by atoms with E-state index in [0.29, 0.717) is 41.6 Å². The van der Waals surface area contributed by atoms with Crippen molar-refractivity contribution in [3.8, 4) is 17.1 Å². The number of halogens is 1. The summed E-state index contributed by atoms with van der Waals surface area (Å²) >= 11 is 0. The molecule has 156 valence electrons. The quantitative estimate of drug-likeness (QED) is 0.659. The van der Waals surface area contributed by atoms with Crippen LogP contribution in [0.5, 0.6) is 5.75 Å². The molecule has 4 heterocycles. The van der Waals surface area contributed by atoms with E-state index >= 15 is 0 Å². The highest BCUT2D eigenvalue weighted by Crippen LogP contribution is 2.23. The summed E-state index contributed by atoms with van der Waals surface area (Å²) in [5.74, 6) is -0.278. The van der Waals surface area contributed by atoms with Crippen molar-refractivity contribution in [1.82, 2.24) is 30.3 Å². The van der Waals surface area contributed by atoms with Crippen molar-refractivity contribution < 1.29 is 18.7 Å². The number of hydrogen-bond acceptors (Lipinski definition) is 7. The van der Waals surface area contributed by atoms with Crippen molar-refractivity contribution in [3.05, 3.63) is 53.9 Å². The van der Waals surface area contributed by atoms with Gasteiger partial charge in [-0.1, -0.05) is 5.21 Å². The normalized spacial score (nSPS) is 14.5. The number of carbonyl (C=O) groups is 1. The number of aryl methyl sites for hydroxylation is 1. The first-order valence-corrected chi connectivity index (χ1v) is 9.57. The minimum Gasteiger partial charge on any atom is -0.486 e. The molecule has 0 spiro atoms. The lowest BCUT2D eigenvalue weighted by Gasteiger charge is -2.23. The van der Waals surface area contributed by atoms with Crippen LogP contribution in [0.3, 0.4) is 0 Å². The molecule has 30 heavy (non-hydrogen) atoms. The van der Waals surface area contributed by atoms with Gasteiger partial charge in [0.1, 0.15) is 29.6 Å². The fourth-order valence-electron chi connectivity index (χ4n) is 3.18. The Kier molecular flexibility index (Phi) is 5.94. The molecule has 4 rings (SSSR count). The Morgan fingerprint density at radius 1 is 1.30 bits per heavy atom. The maximum absolute atomic E-state index is 13.2. The second-order valence-electron chi connectivity index (χ2n) is 6.89. The number of nitrogens with zero attached hydrogens (tertiary/aromatic N) is 5. The largest absolute Gasteiger partial charge is 0.486 e. The monoisotopic (exact) mass is 412 g/mol. The zero-order chi connectivity index (χ0) is 20.9. The van der Waals surface area contributed by atoms with Gasteiger partial charge < -0.3 is 14.8 Å². The molecule has 0 aromatic carbocycles. The van der Waals surface area contributed by atoms with Gasteiger partial charge in [0.2, 0.25) is 0 Å². The van der Waals surface area contributed by atoms with Gasteiger partial charge in [-0.25, -0.2) is 9.07 Å². The van der Waals surface area contributed by atoms with E-state index in [1.807, 2.05) is 0 Å². The van der Waals surface area contributed by atoms with Crippen LogP contribution in [0.2, 0.25) is 0 Å². The van der Waals surface area contributed by atoms with Gasteiger partial charge >= 0.3 is 0 Å². The summed E-state index contributed by atoms with van der Waals surface area (Å²) in [4.78, 5) is 20.8. The summed E-state index contributed by atoms with van der Waals surface area (Å²) in [5.41, 5.74) is 1.96. The zero-order valence-corrected chi connectivity index (χ0v) is 16.4. The smallest absolute Gasteiger partial charge is 0.256 e. The number of pyridine rings is 2. The second kappa shape index (κ2) is 8.95. The number of amides is 1. The molecule has 1 aliphatic rings. The Balaban J connectivity index is 1.50. The summed E-state index contributed by atoms with van der Waals surface area (Å²) in [6, 6.07) is 4.54. The van der Waals surface area contributed by atoms with E-state index in [9.17, 15) is 9.18 Å². The highest BCUT2D eigenvalue weighted by atomic mass is 19.1. The lowest BCUT2D eigenvalue weighted by atomic mass is 10.1. The highest BCUT2D eigenvalue weighted by molar-refractivity contribution is 5.96. The molecule has 0 radical (unpaired) electrons. The minimum absolute atomic E-state index is 0.0664. The lowest BCUT2D eigenvalue weighted by Crippen LogP contribution is -2.39. The Bertz CT molecular complexity index is 1020. The van der Waals surface area contributed by atoms with E-state index in [2.05, 4.69) is 25.6 Å². The molecule has 1 N–H and O–H groups in total. The molecular formula is C20H21FN6O3. The van der Waals surface area contributed by atoms with Gasteiger partial charge in [0.05, 0.1) is 17.5 Å². The summed E-state index contributed by atoms with van der Waals surface area (Å²) in [5, 5.41) is 11.1. The maximum atomic E-state index is 13.2. The van der Waals surface area contributed by atoms with Crippen LogP contribution in [0, 0.1) is 5.82 Å². The Morgan fingerprint density at radius 2 is 2.13 bits per heavy atom. The molecule has 3 aromatic heterocycles. The average Bonchev–Trinajstić information content (AvgIpc) is 3.14. The first kappa shape index (κ1) is 19.9. The topological polar surface area (TPSA) is 104 Å². The molecule has 0 saturated carbocycles. The van der Waals surface area contributed by atoms with Gasteiger partial charge in [0.15, 0.2) is 0 Å². The molecule has 0 unspecified atom stereocenters. The van der Waals surface area contributed by atoms with Crippen LogP contribution >= 0.6 is 0 Å². The average molecular weight is 412 g/mol. The third-order valence-electron chi connectivity index (χ3n) is 4.86. The number of hydrogen-bond donors (Lipinski definition) is 1. The summed E-state index contributed by atoms with van der Waals surface area (Å²) in [6.45, 7) is 1.36. The second-order valence-corrected chi connectivity index (χ2v) is 6.89. The van der Waals surface area contributed by atoms with Crippen LogP contribution in [0.25, 0.3) is 11.4 Å². The molecule has 1 aliphatic heterocycles. The van der Waals surface area contributed by atoms with Crippen molar-refractivity contribution >= 4 is 5.91 Å². The van der Waals surface area contributed by atoms with Gasteiger partial charge in [-0.15, -0.1) is 5.10 Å². The van der Waals surface area contributed by atoms with Crippen LogP contribution in [0.1, 0.15) is 28.9 Å². The summed E-state index contributed by atoms with van der Waals surface area (Å²) in [6.07, 6.45) is 5.71. The van der Waals surface area contributed by atoms with E-state index in [-0.39, 0.29) is 18.6 Å². The lowest BCUT2D eigenvalue weighted by molar-refractivity contribution is 0.0694. The molecule has 0 bridgehead atoms. The van der Waals surface area contributed by atoms with Gasteiger partial charge in [-0.05, 0) is 31.0 Å². The first-order valence-electron chi connectivity index (χ1n) is 9.57. The molecule has 1 saturated heterocycles. The first-order chi connectivity index (χ1) is 14.6. The van der Waals surface area contributed by atoms with Crippen LogP contribution < -0.4 is 10.1 Å². The van der Waals surface area contributed by atoms with Crippen LogP contribution in [-0.4, -0.2) is 50.1 Å². The molecule has 3 aromatic rings. The standard InChI is InChI=1S/C20H21FN6O3/c1-27-17(19(25-26-27)16-3-2-13(21)10-23-16)12-30-18-4-7-22-11-15(18)20(28)24-14-5-8-29-9-6-14/h2-4,7,10-11,14H,5-6,8-9,12H2,1H3,(H,24,28). The van der Waals surface area contributed by atoms with Gasteiger partial charge in [-0.3, -0.25) is 14.8 Å². The summed E-state index contributed by atoms with van der Waals surface area (Å²) < 4.78 is 26.0. The minimum atomic E-state index is -0.433. The molecule has 0 atom stereocenters. The van der Waals surface area contributed by atoms with Gasteiger partial charge in [0, 0.05) is 38.7 Å². The number of rotatable bonds is 6. The Hall–Kier alpha value is -3.40. The maximum Gasteiger partial charge on any atom is 0.256 e. The molecule has 10 heteroatoms. The Morgan fingerprint density at radius 3 is 2.90 bits per heavy atom. The van der Waals surface area contributed by atoms with Crippen molar-refractivity contribution in [2.45, 2.75) is 25.5 Å². The molecular weight excluding hydrogens is 391 g/mol. The summed E-state index contributed by atoms with van der Waals surface area (Å²) in [7, 11) is 1.73. The Labute approximate surface area is 172 Å². The molecule has 1 fully saturated rings. The third kappa shape index (κ3) is 4.43. The molecule has 9 nitrogen and oxygen atoms in total. The van der Waals surface area contributed by atoms with Crippen LogP contribution in [-0.2, 0) is 18.4 Å². The van der Waals surface area contributed by atoms with Crippen LogP contribution in [0.15, 0.2) is 36.8 Å². The van der Waals surface area contributed by atoms with Crippen LogP contribution in [0.4, 0.5) is 4.39 Å². The van der Waals surface area contributed by atoms with Crippen molar-refractivity contribution in [1.29, 1.82) is 0 Å².